The Morgan fingerprint density at radius 1 is 1.31 bits per heavy atom. The molecule has 0 saturated carbocycles. The molecule has 1 atom stereocenters. The summed E-state index contributed by atoms with van der Waals surface area (Å²) in [4.78, 5) is 27.4. The first-order valence-electron chi connectivity index (χ1n) is 11.1. The van der Waals surface area contributed by atoms with Gasteiger partial charge in [-0.25, -0.2) is 0 Å². The number of benzene rings is 1. The zero-order valence-electron chi connectivity index (χ0n) is 18.7. The molecule has 2 heterocycles. The number of hydrogen-bond donors (Lipinski definition) is 1. The van der Waals surface area contributed by atoms with E-state index in [9.17, 15) is 20.2 Å². The number of nitro groups is 1. The third kappa shape index (κ3) is 4.22. The second-order valence-electron chi connectivity index (χ2n) is 9.73. The Morgan fingerprint density at radius 2 is 2.03 bits per heavy atom. The first-order chi connectivity index (χ1) is 15.2. The Balaban J connectivity index is 1.60. The molecular weight excluding hydrogens is 424 g/mol. The van der Waals surface area contributed by atoms with Crippen molar-refractivity contribution in [1.82, 2.24) is 0 Å². The summed E-state index contributed by atoms with van der Waals surface area (Å²) in [7, 11) is 0. The number of rotatable bonds is 4. The van der Waals surface area contributed by atoms with E-state index in [1.165, 1.54) is 22.3 Å². The molecule has 2 aliphatic rings. The van der Waals surface area contributed by atoms with Crippen molar-refractivity contribution in [3.8, 4) is 6.07 Å². The zero-order valence-corrected chi connectivity index (χ0v) is 19.6. The molecule has 1 aromatic carbocycles. The molecule has 32 heavy (non-hydrogen) atoms. The molecule has 1 saturated heterocycles. The van der Waals surface area contributed by atoms with Gasteiger partial charge in [0.15, 0.2) is 0 Å². The smallest absolute Gasteiger partial charge is 0.293 e. The normalized spacial score (nSPS) is 18.2. The second-order valence-corrected chi connectivity index (χ2v) is 10.8. The average Bonchev–Trinajstić information content (AvgIpc) is 3.39. The lowest BCUT2D eigenvalue weighted by Crippen LogP contribution is -2.26. The topological polar surface area (TPSA) is 99.3 Å². The Bertz CT molecular complexity index is 1100. The fraction of sp³-hybridized carbons (Fsp3) is 0.500. The van der Waals surface area contributed by atoms with Crippen LogP contribution < -0.4 is 10.2 Å². The van der Waals surface area contributed by atoms with Crippen molar-refractivity contribution < 1.29 is 9.72 Å². The molecule has 0 radical (unpaired) electrons. The van der Waals surface area contributed by atoms with Crippen molar-refractivity contribution in [3.63, 3.8) is 0 Å². The van der Waals surface area contributed by atoms with E-state index in [4.69, 9.17) is 0 Å². The van der Waals surface area contributed by atoms with Crippen LogP contribution >= 0.6 is 11.3 Å². The molecule has 1 N–H and O–H groups in total. The van der Waals surface area contributed by atoms with Crippen LogP contribution in [0.5, 0.6) is 0 Å². The van der Waals surface area contributed by atoms with Crippen molar-refractivity contribution in [2.45, 2.75) is 52.9 Å². The highest BCUT2D eigenvalue weighted by atomic mass is 32.1. The minimum Gasteiger partial charge on any atom is -0.366 e. The first-order valence-corrected chi connectivity index (χ1v) is 11.9. The fourth-order valence-electron chi connectivity index (χ4n) is 4.74. The molecule has 7 nitrogen and oxygen atoms in total. The molecule has 1 aromatic heterocycles. The van der Waals surface area contributed by atoms with Crippen molar-refractivity contribution in [2.75, 3.05) is 23.3 Å². The summed E-state index contributed by atoms with van der Waals surface area (Å²) in [5.41, 5.74) is 2.49. The Morgan fingerprint density at radius 3 is 2.66 bits per heavy atom. The summed E-state index contributed by atoms with van der Waals surface area (Å²) in [5, 5.41) is 24.8. The molecule has 0 bridgehead atoms. The summed E-state index contributed by atoms with van der Waals surface area (Å²) in [5.74, 6) is 0.105. The second kappa shape index (κ2) is 8.55. The van der Waals surface area contributed by atoms with Gasteiger partial charge in [-0.15, -0.1) is 11.3 Å². The number of amides is 1. The van der Waals surface area contributed by atoms with Crippen LogP contribution in [0.3, 0.4) is 0 Å². The lowest BCUT2D eigenvalue weighted by atomic mass is 9.72. The van der Waals surface area contributed by atoms with Crippen molar-refractivity contribution in [2.24, 2.45) is 11.3 Å². The van der Waals surface area contributed by atoms with E-state index < -0.39 is 10.8 Å². The number of nitrogens with one attached hydrogen (secondary N) is 1. The van der Waals surface area contributed by atoms with E-state index in [1.54, 1.807) is 12.1 Å². The standard InChI is InChI=1S/C24H28N4O3S/c1-24(2,3)16-7-8-17-18(14-25)23(32-21(17)13-16)26-22(29)15-6-9-19(20(12-15)28(30)31)27-10-4-5-11-27/h6,9,12,16H,4-5,7-8,10-11,13H2,1-3H3,(H,26,29)/t16-/m1/s1. The van der Waals surface area contributed by atoms with Gasteiger partial charge in [-0.3, -0.25) is 14.9 Å². The van der Waals surface area contributed by atoms with Crippen LogP contribution in [0.2, 0.25) is 0 Å². The van der Waals surface area contributed by atoms with E-state index >= 15 is 0 Å². The Labute approximate surface area is 192 Å². The number of carbonyl (C=O) groups excluding carboxylic acids is 1. The number of hydrogen-bond acceptors (Lipinski definition) is 6. The van der Waals surface area contributed by atoms with Crippen LogP contribution in [0, 0.1) is 32.8 Å². The van der Waals surface area contributed by atoms with E-state index in [2.05, 4.69) is 32.2 Å². The SMILES string of the molecule is CC(C)(C)[C@@H]1CCc2c(sc(NC(=O)c3ccc(N4CCCC4)c([N+](=O)[O-])c3)c2C#N)C1. The highest BCUT2D eigenvalue weighted by Gasteiger charge is 2.32. The summed E-state index contributed by atoms with van der Waals surface area (Å²) in [6.07, 6.45) is 4.79. The third-order valence-electron chi connectivity index (χ3n) is 6.71. The van der Waals surface area contributed by atoms with E-state index in [0.717, 1.165) is 50.8 Å². The Hall–Kier alpha value is -2.92. The predicted octanol–water partition coefficient (Wildman–Crippen LogP) is 5.53. The molecule has 8 heteroatoms. The predicted molar refractivity (Wildman–Crippen MR) is 127 cm³/mol. The van der Waals surface area contributed by atoms with Crippen LogP contribution in [0.1, 0.15) is 66.4 Å². The maximum atomic E-state index is 13.0. The fourth-order valence-corrected chi connectivity index (χ4v) is 6.02. The van der Waals surface area contributed by atoms with E-state index in [0.29, 0.717) is 22.2 Å². The molecule has 168 valence electrons. The highest BCUT2D eigenvalue weighted by molar-refractivity contribution is 7.16. The lowest BCUT2D eigenvalue weighted by molar-refractivity contribution is -0.384. The van der Waals surface area contributed by atoms with Crippen LogP contribution in [-0.4, -0.2) is 23.9 Å². The Kier molecular flexibility index (Phi) is 5.95. The minimum absolute atomic E-state index is 0.0569. The lowest BCUT2D eigenvalue weighted by Gasteiger charge is -2.33. The van der Waals surface area contributed by atoms with Gasteiger partial charge in [0, 0.05) is 29.6 Å². The van der Waals surface area contributed by atoms with Gasteiger partial charge in [0.2, 0.25) is 0 Å². The number of nitrogens with zero attached hydrogens (tertiary/aromatic N) is 3. The maximum absolute atomic E-state index is 13.0. The summed E-state index contributed by atoms with van der Waals surface area (Å²) >= 11 is 1.47. The number of fused-ring (bicyclic) bond motifs is 1. The quantitative estimate of drug-likeness (QED) is 0.485. The van der Waals surface area contributed by atoms with Gasteiger partial charge < -0.3 is 10.2 Å². The van der Waals surface area contributed by atoms with E-state index in [1.807, 2.05) is 4.90 Å². The highest BCUT2D eigenvalue weighted by Crippen LogP contribution is 2.44. The van der Waals surface area contributed by atoms with Gasteiger partial charge in [0.25, 0.3) is 11.6 Å². The van der Waals surface area contributed by atoms with Crippen molar-refractivity contribution in [1.29, 1.82) is 5.26 Å². The molecular formula is C24H28N4O3S. The molecule has 1 aliphatic heterocycles. The van der Waals surface area contributed by atoms with Gasteiger partial charge >= 0.3 is 0 Å². The van der Waals surface area contributed by atoms with Gasteiger partial charge in [0.05, 0.1) is 10.5 Å². The van der Waals surface area contributed by atoms with Crippen molar-refractivity contribution >= 4 is 33.6 Å². The molecule has 2 aromatic rings. The number of nitro benzene ring substituents is 1. The first kappa shape index (κ1) is 22.3. The van der Waals surface area contributed by atoms with Gasteiger partial charge in [-0.05, 0) is 61.1 Å². The summed E-state index contributed by atoms with van der Waals surface area (Å²) in [6.45, 7) is 8.29. The minimum atomic E-state index is -0.429. The van der Waals surface area contributed by atoms with Crippen molar-refractivity contribution in [3.05, 3.63) is 49.9 Å². The van der Waals surface area contributed by atoms with Crippen LogP contribution in [-0.2, 0) is 12.8 Å². The molecule has 0 unspecified atom stereocenters. The molecule has 0 spiro atoms. The van der Waals surface area contributed by atoms with Crippen LogP contribution in [0.15, 0.2) is 18.2 Å². The molecule has 1 aliphatic carbocycles. The van der Waals surface area contributed by atoms with Gasteiger partial charge in [-0.1, -0.05) is 20.8 Å². The van der Waals surface area contributed by atoms with Gasteiger partial charge in [-0.2, -0.15) is 5.26 Å². The molecule has 1 amide bonds. The third-order valence-corrected chi connectivity index (χ3v) is 7.88. The largest absolute Gasteiger partial charge is 0.366 e. The van der Waals surface area contributed by atoms with E-state index in [-0.39, 0.29) is 16.7 Å². The van der Waals surface area contributed by atoms with Crippen LogP contribution in [0.4, 0.5) is 16.4 Å². The average molecular weight is 453 g/mol. The number of anilines is 2. The zero-order chi connectivity index (χ0) is 23.0. The summed E-state index contributed by atoms with van der Waals surface area (Å²) in [6, 6.07) is 6.91. The number of nitriles is 1. The van der Waals surface area contributed by atoms with Gasteiger partial charge in [0.1, 0.15) is 16.8 Å². The van der Waals surface area contributed by atoms with Crippen LogP contribution in [0.25, 0.3) is 0 Å². The summed E-state index contributed by atoms with van der Waals surface area (Å²) < 4.78 is 0. The monoisotopic (exact) mass is 452 g/mol. The molecule has 1 fully saturated rings. The number of carbonyl (C=O) groups is 1. The molecule has 4 rings (SSSR count). The number of thiophene rings is 1. The maximum Gasteiger partial charge on any atom is 0.293 e.